The Balaban J connectivity index is 2.25. The molecule has 0 bridgehead atoms. The number of primary amides is 1. The smallest absolute Gasteiger partial charge is 0.236 e. The van der Waals surface area contributed by atoms with E-state index in [0.717, 1.165) is 19.1 Å². The SMILES string of the molecule is CC(C)CC(C=O)NCCN(C)CC(=O)N1CCC(CC(N)=O)C1. The number of nitrogens with two attached hydrogens (primary N) is 1. The first-order valence-corrected chi connectivity index (χ1v) is 8.75. The highest BCUT2D eigenvalue weighted by Crippen LogP contribution is 2.19. The van der Waals surface area contributed by atoms with Gasteiger partial charge in [0.05, 0.1) is 12.6 Å². The van der Waals surface area contributed by atoms with Crippen LogP contribution in [0.4, 0.5) is 0 Å². The van der Waals surface area contributed by atoms with E-state index in [0.29, 0.717) is 45.1 Å². The molecule has 7 heteroatoms. The summed E-state index contributed by atoms with van der Waals surface area (Å²) in [5.41, 5.74) is 5.21. The molecule has 24 heavy (non-hydrogen) atoms. The van der Waals surface area contributed by atoms with Gasteiger partial charge in [0, 0.05) is 32.6 Å². The number of rotatable bonds is 11. The summed E-state index contributed by atoms with van der Waals surface area (Å²) in [6.07, 6.45) is 2.97. The van der Waals surface area contributed by atoms with E-state index in [1.54, 1.807) is 0 Å². The lowest BCUT2D eigenvalue weighted by Gasteiger charge is -2.22. The van der Waals surface area contributed by atoms with Crippen molar-refractivity contribution in [2.45, 2.75) is 39.2 Å². The van der Waals surface area contributed by atoms with Crippen molar-refractivity contribution in [2.75, 3.05) is 39.8 Å². The highest BCUT2D eigenvalue weighted by molar-refractivity contribution is 5.79. The van der Waals surface area contributed by atoms with Gasteiger partial charge in [-0.15, -0.1) is 0 Å². The monoisotopic (exact) mass is 340 g/mol. The first kappa shape index (κ1) is 20.6. The number of carbonyl (C=O) groups excluding carboxylic acids is 3. The average Bonchev–Trinajstić information content (AvgIpc) is 2.93. The maximum atomic E-state index is 12.3. The molecule has 2 atom stereocenters. The summed E-state index contributed by atoms with van der Waals surface area (Å²) < 4.78 is 0. The molecule has 1 heterocycles. The van der Waals surface area contributed by atoms with Gasteiger partial charge in [0.1, 0.15) is 6.29 Å². The second-order valence-corrected chi connectivity index (χ2v) is 7.23. The van der Waals surface area contributed by atoms with Crippen molar-refractivity contribution in [3.05, 3.63) is 0 Å². The van der Waals surface area contributed by atoms with E-state index < -0.39 is 0 Å². The number of likely N-dealkylation sites (N-methyl/N-ethyl adjacent to an activating group) is 1. The molecule has 0 aromatic rings. The summed E-state index contributed by atoms with van der Waals surface area (Å²) in [6, 6.07) is -0.123. The van der Waals surface area contributed by atoms with Crippen LogP contribution in [-0.2, 0) is 14.4 Å². The van der Waals surface area contributed by atoms with Crippen LogP contribution < -0.4 is 11.1 Å². The van der Waals surface area contributed by atoms with Gasteiger partial charge < -0.3 is 20.7 Å². The van der Waals surface area contributed by atoms with E-state index in [1.807, 2.05) is 16.8 Å². The summed E-state index contributed by atoms with van der Waals surface area (Å²) in [6.45, 7) is 7.22. The number of carbonyl (C=O) groups is 3. The molecule has 2 amide bonds. The Bertz CT molecular complexity index is 428. The van der Waals surface area contributed by atoms with Crippen LogP contribution in [0.3, 0.4) is 0 Å². The fourth-order valence-corrected chi connectivity index (χ4v) is 3.06. The molecule has 0 radical (unpaired) electrons. The van der Waals surface area contributed by atoms with Crippen LogP contribution in [0.2, 0.25) is 0 Å². The Labute approximate surface area is 144 Å². The number of nitrogens with zero attached hydrogens (tertiary/aromatic N) is 2. The highest BCUT2D eigenvalue weighted by atomic mass is 16.2. The second kappa shape index (κ2) is 10.4. The molecule has 7 nitrogen and oxygen atoms in total. The largest absolute Gasteiger partial charge is 0.370 e. The van der Waals surface area contributed by atoms with Gasteiger partial charge in [0.15, 0.2) is 0 Å². The van der Waals surface area contributed by atoms with Crippen molar-refractivity contribution in [1.29, 1.82) is 0 Å². The van der Waals surface area contributed by atoms with Gasteiger partial charge in [0.2, 0.25) is 11.8 Å². The lowest BCUT2D eigenvalue weighted by molar-refractivity contribution is -0.131. The fraction of sp³-hybridized carbons (Fsp3) is 0.824. The molecule has 1 rings (SSSR count). The first-order valence-electron chi connectivity index (χ1n) is 8.75. The van der Waals surface area contributed by atoms with Crippen molar-refractivity contribution in [2.24, 2.45) is 17.6 Å². The number of aldehydes is 1. The normalized spacial score (nSPS) is 19.0. The third-order valence-corrected chi connectivity index (χ3v) is 4.32. The summed E-state index contributed by atoms with van der Waals surface area (Å²) in [7, 11) is 1.90. The number of hydrogen-bond acceptors (Lipinski definition) is 5. The molecule has 3 N–H and O–H groups in total. The molecule has 0 aromatic carbocycles. The molecular formula is C17H32N4O3. The molecule has 1 aliphatic heterocycles. The minimum Gasteiger partial charge on any atom is -0.370 e. The molecule has 0 spiro atoms. The highest BCUT2D eigenvalue weighted by Gasteiger charge is 2.27. The predicted octanol–water partition coefficient (Wildman–Crippen LogP) is -0.155. The molecule has 1 fully saturated rings. The third kappa shape index (κ3) is 7.88. The van der Waals surface area contributed by atoms with Crippen LogP contribution in [0, 0.1) is 11.8 Å². The van der Waals surface area contributed by atoms with E-state index >= 15 is 0 Å². The fourth-order valence-electron chi connectivity index (χ4n) is 3.06. The summed E-state index contributed by atoms with van der Waals surface area (Å²) in [5.74, 6) is 0.445. The molecule has 0 aromatic heterocycles. The minimum atomic E-state index is -0.302. The minimum absolute atomic E-state index is 0.0820. The van der Waals surface area contributed by atoms with Crippen LogP contribution in [-0.4, -0.2) is 73.7 Å². The Hall–Kier alpha value is -1.47. The van der Waals surface area contributed by atoms with Crippen LogP contribution in [0.5, 0.6) is 0 Å². The number of nitrogens with one attached hydrogen (secondary N) is 1. The third-order valence-electron chi connectivity index (χ3n) is 4.32. The predicted molar refractivity (Wildman–Crippen MR) is 93.3 cm³/mol. The van der Waals surface area contributed by atoms with Crippen molar-refractivity contribution in [3.63, 3.8) is 0 Å². The number of hydrogen-bond donors (Lipinski definition) is 2. The molecule has 138 valence electrons. The summed E-state index contributed by atoms with van der Waals surface area (Å²) in [4.78, 5) is 38.0. The van der Waals surface area contributed by atoms with Crippen LogP contribution in [0.25, 0.3) is 0 Å². The molecule has 2 unspecified atom stereocenters. The van der Waals surface area contributed by atoms with Gasteiger partial charge in [-0.3, -0.25) is 14.5 Å². The zero-order valence-electron chi connectivity index (χ0n) is 15.2. The lowest BCUT2D eigenvalue weighted by Crippen LogP contribution is -2.42. The maximum Gasteiger partial charge on any atom is 0.236 e. The van der Waals surface area contributed by atoms with Crippen molar-refractivity contribution >= 4 is 18.1 Å². The van der Waals surface area contributed by atoms with Gasteiger partial charge in [-0.1, -0.05) is 13.8 Å². The van der Waals surface area contributed by atoms with E-state index in [9.17, 15) is 14.4 Å². The van der Waals surface area contributed by atoms with Gasteiger partial charge in [-0.05, 0) is 31.7 Å². The molecular weight excluding hydrogens is 308 g/mol. The van der Waals surface area contributed by atoms with E-state index in [-0.39, 0.29) is 23.8 Å². The van der Waals surface area contributed by atoms with Gasteiger partial charge in [-0.25, -0.2) is 0 Å². The first-order chi connectivity index (χ1) is 11.3. The molecule has 1 aliphatic rings. The second-order valence-electron chi connectivity index (χ2n) is 7.23. The lowest BCUT2D eigenvalue weighted by atomic mass is 10.1. The van der Waals surface area contributed by atoms with E-state index in [1.165, 1.54) is 0 Å². The van der Waals surface area contributed by atoms with Crippen LogP contribution in [0.1, 0.15) is 33.1 Å². The average molecular weight is 340 g/mol. The Morgan fingerprint density at radius 1 is 1.42 bits per heavy atom. The Morgan fingerprint density at radius 3 is 2.71 bits per heavy atom. The van der Waals surface area contributed by atoms with Crippen molar-refractivity contribution < 1.29 is 14.4 Å². The summed E-state index contributed by atoms with van der Waals surface area (Å²) in [5, 5.41) is 3.22. The zero-order valence-corrected chi connectivity index (χ0v) is 15.2. The molecule has 0 aliphatic carbocycles. The Morgan fingerprint density at radius 2 is 2.12 bits per heavy atom. The Kier molecular flexibility index (Phi) is 8.92. The molecule has 1 saturated heterocycles. The topological polar surface area (TPSA) is 95.7 Å². The van der Waals surface area contributed by atoms with Crippen LogP contribution in [0.15, 0.2) is 0 Å². The van der Waals surface area contributed by atoms with Crippen molar-refractivity contribution in [3.8, 4) is 0 Å². The summed E-state index contributed by atoms with van der Waals surface area (Å²) >= 11 is 0. The van der Waals surface area contributed by atoms with Crippen molar-refractivity contribution in [1.82, 2.24) is 15.1 Å². The van der Waals surface area contributed by atoms with Gasteiger partial charge >= 0.3 is 0 Å². The molecule has 0 saturated carbocycles. The number of amides is 2. The van der Waals surface area contributed by atoms with Gasteiger partial charge in [-0.2, -0.15) is 0 Å². The van der Waals surface area contributed by atoms with E-state index in [2.05, 4.69) is 19.2 Å². The van der Waals surface area contributed by atoms with E-state index in [4.69, 9.17) is 5.73 Å². The standard InChI is InChI=1S/C17H32N4O3/c1-13(2)8-15(12-22)19-5-7-20(3)11-17(24)21-6-4-14(10-21)9-16(18)23/h12-15,19H,4-11H2,1-3H3,(H2,18,23). The zero-order chi connectivity index (χ0) is 18.1. The van der Waals surface area contributed by atoms with Gasteiger partial charge in [0.25, 0.3) is 0 Å². The number of likely N-dealkylation sites (tertiary alicyclic amines) is 1. The van der Waals surface area contributed by atoms with Crippen LogP contribution >= 0.6 is 0 Å². The maximum absolute atomic E-state index is 12.3. The quantitative estimate of drug-likeness (QED) is 0.510.